The molecule has 1 aromatic heterocycles. The highest BCUT2D eigenvalue weighted by Crippen LogP contribution is 2.22. The quantitative estimate of drug-likeness (QED) is 0.757. The van der Waals surface area contributed by atoms with Gasteiger partial charge in [-0.1, -0.05) is 13.0 Å². The Balaban J connectivity index is 2.09. The van der Waals surface area contributed by atoms with Crippen LogP contribution in [-0.2, 0) is 16.4 Å². The van der Waals surface area contributed by atoms with Gasteiger partial charge in [-0.15, -0.1) is 11.3 Å². The molecule has 0 radical (unpaired) electrons. The Bertz CT molecular complexity index is 933. The second-order valence-corrected chi connectivity index (χ2v) is 9.08. The monoisotopic (exact) mass is 395 g/mol. The zero-order valence-corrected chi connectivity index (χ0v) is 16.6. The number of sulfonamides is 1. The first-order chi connectivity index (χ1) is 12.2. The molecule has 0 unspecified atom stereocenters. The van der Waals surface area contributed by atoms with Crippen molar-refractivity contribution in [2.24, 2.45) is 0 Å². The molecule has 7 nitrogen and oxygen atoms in total. The molecule has 0 aliphatic rings. The van der Waals surface area contributed by atoms with Crippen LogP contribution < -0.4 is 10.9 Å². The summed E-state index contributed by atoms with van der Waals surface area (Å²) in [4.78, 5) is 26.0. The van der Waals surface area contributed by atoms with Gasteiger partial charge >= 0.3 is 0 Å². The first-order valence-corrected chi connectivity index (χ1v) is 10.1. The van der Waals surface area contributed by atoms with Gasteiger partial charge in [0, 0.05) is 24.5 Å². The molecular weight excluding hydrogens is 374 g/mol. The highest BCUT2D eigenvalue weighted by Gasteiger charge is 2.19. The second-order valence-electron chi connectivity index (χ2n) is 5.79. The summed E-state index contributed by atoms with van der Waals surface area (Å²) in [6.45, 7) is 3.94. The first-order valence-electron chi connectivity index (χ1n) is 7.89. The van der Waals surface area contributed by atoms with Crippen molar-refractivity contribution in [2.45, 2.75) is 25.2 Å². The number of hydrogen-bond acceptors (Lipinski definition) is 5. The second kappa shape index (κ2) is 7.98. The number of hydrogen-bond donors (Lipinski definition) is 2. The van der Waals surface area contributed by atoms with Gasteiger partial charge in [0.1, 0.15) is 0 Å². The van der Waals surface area contributed by atoms with Gasteiger partial charge in [0.15, 0.2) is 0 Å². The summed E-state index contributed by atoms with van der Waals surface area (Å²) in [6.07, 6.45) is 0.837. The molecule has 0 saturated heterocycles. The first kappa shape index (κ1) is 20.1. The van der Waals surface area contributed by atoms with E-state index in [4.69, 9.17) is 0 Å². The lowest BCUT2D eigenvalue weighted by Crippen LogP contribution is -2.41. The van der Waals surface area contributed by atoms with E-state index in [-0.39, 0.29) is 10.5 Å². The predicted octanol–water partition coefficient (Wildman–Crippen LogP) is 1.94. The molecule has 0 atom stereocenters. The molecule has 9 heteroatoms. The summed E-state index contributed by atoms with van der Waals surface area (Å²) >= 11 is 1.38. The normalized spacial score (nSPS) is 11.4. The van der Waals surface area contributed by atoms with Gasteiger partial charge < -0.3 is 0 Å². The van der Waals surface area contributed by atoms with Crippen molar-refractivity contribution >= 4 is 33.2 Å². The van der Waals surface area contributed by atoms with Crippen LogP contribution in [0.3, 0.4) is 0 Å². The van der Waals surface area contributed by atoms with E-state index in [1.807, 2.05) is 13.8 Å². The number of thiophene rings is 1. The fourth-order valence-electron chi connectivity index (χ4n) is 2.24. The number of nitrogens with zero attached hydrogens (tertiary/aromatic N) is 1. The molecule has 26 heavy (non-hydrogen) atoms. The smallest absolute Gasteiger partial charge is 0.267 e. The van der Waals surface area contributed by atoms with E-state index in [1.54, 1.807) is 6.07 Å². The Morgan fingerprint density at radius 2 is 1.77 bits per heavy atom. The van der Waals surface area contributed by atoms with Crippen LogP contribution in [0.5, 0.6) is 0 Å². The fraction of sp³-hybridized carbons (Fsp3) is 0.294. The van der Waals surface area contributed by atoms with Crippen molar-refractivity contribution in [1.82, 2.24) is 15.2 Å². The summed E-state index contributed by atoms with van der Waals surface area (Å²) in [6, 6.07) is 7.39. The van der Waals surface area contributed by atoms with Crippen LogP contribution in [-0.4, -0.2) is 38.6 Å². The van der Waals surface area contributed by atoms with E-state index < -0.39 is 21.8 Å². The molecule has 140 valence electrons. The van der Waals surface area contributed by atoms with E-state index in [0.29, 0.717) is 4.88 Å². The zero-order valence-electron chi connectivity index (χ0n) is 15.0. The lowest BCUT2D eigenvalue weighted by molar-refractivity contribution is 0.0848. The molecule has 0 aliphatic heterocycles. The number of benzene rings is 1. The largest absolute Gasteiger partial charge is 0.279 e. The van der Waals surface area contributed by atoms with Crippen molar-refractivity contribution in [1.29, 1.82) is 0 Å². The third kappa shape index (κ3) is 4.29. The van der Waals surface area contributed by atoms with Crippen LogP contribution in [0.4, 0.5) is 0 Å². The number of aryl methyl sites for hydroxylation is 2. The average molecular weight is 396 g/mol. The molecule has 1 aromatic carbocycles. The van der Waals surface area contributed by atoms with Gasteiger partial charge in [-0.2, -0.15) is 0 Å². The summed E-state index contributed by atoms with van der Waals surface area (Å²) < 4.78 is 25.4. The SMILES string of the molecule is CCc1sc(C(=O)NNC(=O)c2cccc(S(=O)(=O)N(C)C)c2)cc1C. The van der Waals surface area contributed by atoms with Crippen molar-refractivity contribution in [3.05, 3.63) is 51.2 Å². The van der Waals surface area contributed by atoms with E-state index >= 15 is 0 Å². The number of hydrazine groups is 1. The molecule has 2 amide bonds. The zero-order chi connectivity index (χ0) is 19.5. The lowest BCUT2D eigenvalue weighted by Gasteiger charge is -2.12. The Hall–Kier alpha value is -2.23. The van der Waals surface area contributed by atoms with Crippen LogP contribution in [0.2, 0.25) is 0 Å². The minimum Gasteiger partial charge on any atom is -0.267 e. The minimum atomic E-state index is -3.64. The fourth-order valence-corrected chi connectivity index (χ4v) is 4.20. The Kier molecular flexibility index (Phi) is 6.17. The topological polar surface area (TPSA) is 95.6 Å². The van der Waals surface area contributed by atoms with Crippen molar-refractivity contribution in [2.75, 3.05) is 14.1 Å². The summed E-state index contributed by atoms with van der Waals surface area (Å²) in [5.41, 5.74) is 5.83. The summed E-state index contributed by atoms with van der Waals surface area (Å²) in [5, 5.41) is 0. The van der Waals surface area contributed by atoms with Crippen LogP contribution in [0.1, 0.15) is 37.4 Å². The summed E-state index contributed by atoms with van der Waals surface area (Å²) in [5.74, 6) is -1.01. The Labute approximate surface area is 157 Å². The number of amides is 2. The molecule has 0 fully saturated rings. The van der Waals surface area contributed by atoms with Gasteiger partial charge in [-0.25, -0.2) is 12.7 Å². The maximum absolute atomic E-state index is 12.2. The summed E-state index contributed by atoms with van der Waals surface area (Å²) in [7, 11) is -0.819. The molecule has 0 bridgehead atoms. The van der Waals surface area contributed by atoms with Crippen LogP contribution >= 0.6 is 11.3 Å². The van der Waals surface area contributed by atoms with Gasteiger partial charge in [0.2, 0.25) is 10.0 Å². The van der Waals surface area contributed by atoms with Gasteiger partial charge in [0.05, 0.1) is 9.77 Å². The van der Waals surface area contributed by atoms with Gasteiger partial charge in [-0.3, -0.25) is 20.4 Å². The molecule has 0 aliphatic carbocycles. The van der Waals surface area contributed by atoms with Crippen molar-refractivity contribution < 1.29 is 18.0 Å². The maximum Gasteiger partial charge on any atom is 0.279 e. The van der Waals surface area contributed by atoms with Crippen LogP contribution in [0.15, 0.2) is 35.2 Å². The minimum absolute atomic E-state index is 0.00273. The molecular formula is C17H21N3O4S2. The molecule has 2 rings (SSSR count). The number of nitrogens with one attached hydrogen (secondary N) is 2. The number of carbonyl (C=O) groups is 2. The predicted molar refractivity (Wildman–Crippen MR) is 101 cm³/mol. The van der Waals surface area contributed by atoms with Crippen molar-refractivity contribution in [3.63, 3.8) is 0 Å². The van der Waals surface area contributed by atoms with E-state index in [2.05, 4.69) is 10.9 Å². The Morgan fingerprint density at radius 3 is 2.35 bits per heavy atom. The third-order valence-corrected chi connectivity index (χ3v) is 6.92. The number of rotatable bonds is 5. The molecule has 0 saturated carbocycles. The van der Waals surface area contributed by atoms with E-state index in [0.717, 1.165) is 21.2 Å². The highest BCUT2D eigenvalue weighted by atomic mass is 32.2. The van der Waals surface area contributed by atoms with E-state index in [1.165, 1.54) is 49.7 Å². The lowest BCUT2D eigenvalue weighted by atomic mass is 10.2. The third-order valence-electron chi connectivity index (χ3n) is 3.73. The van der Waals surface area contributed by atoms with E-state index in [9.17, 15) is 18.0 Å². The highest BCUT2D eigenvalue weighted by molar-refractivity contribution is 7.89. The maximum atomic E-state index is 12.2. The molecule has 2 N–H and O–H groups in total. The standard InChI is InChI=1S/C17H21N3O4S2/c1-5-14-11(2)9-15(25-14)17(22)19-18-16(21)12-7-6-8-13(10-12)26(23,24)20(3)4/h6-10H,5H2,1-4H3,(H,18,21)(H,19,22). The molecule has 0 spiro atoms. The Morgan fingerprint density at radius 1 is 1.12 bits per heavy atom. The molecule has 1 heterocycles. The van der Waals surface area contributed by atoms with Crippen LogP contribution in [0, 0.1) is 6.92 Å². The van der Waals surface area contributed by atoms with Crippen LogP contribution in [0.25, 0.3) is 0 Å². The molecule has 2 aromatic rings. The number of carbonyl (C=O) groups excluding carboxylic acids is 2. The van der Waals surface area contributed by atoms with Gasteiger partial charge in [0.25, 0.3) is 11.8 Å². The van der Waals surface area contributed by atoms with Crippen molar-refractivity contribution in [3.8, 4) is 0 Å². The average Bonchev–Trinajstić information content (AvgIpc) is 3.00. The van der Waals surface area contributed by atoms with Gasteiger partial charge in [-0.05, 0) is 43.2 Å².